The molecule has 1 aromatic heterocycles. The molecule has 1 aliphatic heterocycles. The number of rotatable bonds is 8. The van der Waals surface area contributed by atoms with E-state index in [0.717, 1.165) is 30.7 Å². The Balaban J connectivity index is 1.23. The summed E-state index contributed by atoms with van der Waals surface area (Å²) in [6.07, 6.45) is 1.89. The minimum Gasteiger partial charge on any atom is -0.355 e. The Labute approximate surface area is 197 Å². The molecular weight excluding hydrogens is 444 g/mol. The molecule has 0 spiro atoms. The number of hydrogen-bond donors (Lipinski definition) is 1. The lowest BCUT2D eigenvalue weighted by atomic mass is 9.97. The first-order valence-corrected chi connectivity index (χ1v) is 12.2. The molecule has 3 aromatic rings. The summed E-state index contributed by atoms with van der Waals surface area (Å²) in [5.74, 6) is 2.06. The Bertz CT molecular complexity index is 1040. The van der Waals surface area contributed by atoms with Crippen LogP contribution in [0.3, 0.4) is 0 Å². The second-order valence-electron chi connectivity index (χ2n) is 8.05. The second kappa shape index (κ2) is 11.0. The first-order valence-electron chi connectivity index (χ1n) is 10.8. The number of amides is 1. The average Bonchev–Trinajstić information content (AvgIpc) is 3.26. The maximum Gasteiger partial charge on any atom is 0.241 e. The van der Waals surface area contributed by atoms with E-state index in [1.165, 1.54) is 10.5 Å². The molecule has 1 saturated heterocycles. The zero-order valence-corrected chi connectivity index (χ0v) is 19.7. The van der Waals surface area contributed by atoms with Gasteiger partial charge in [0.2, 0.25) is 17.6 Å². The van der Waals surface area contributed by atoms with Crippen LogP contribution in [0.25, 0.3) is 11.4 Å². The molecule has 1 N–H and O–H groups in total. The predicted octanol–water partition coefficient (Wildman–Crippen LogP) is 4.82. The van der Waals surface area contributed by atoms with Crippen LogP contribution in [0.2, 0.25) is 5.02 Å². The van der Waals surface area contributed by atoms with Gasteiger partial charge in [-0.1, -0.05) is 46.6 Å². The minimum atomic E-state index is -0.0107. The Morgan fingerprint density at radius 3 is 2.94 bits per heavy atom. The van der Waals surface area contributed by atoms with Crippen LogP contribution < -0.4 is 5.32 Å². The summed E-state index contributed by atoms with van der Waals surface area (Å²) < 4.78 is 5.44. The standard InChI is InChI=1S/C24H27ClN4O2S/c1-17-7-9-21(10-8-17)32-13-11-26-24(30)19-5-3-12-29(15-19)16-22-27-23(28-31-22)18-4-2-6-20(25)14-18/h2,4,6-10,14,19H,3,5,11-13,15-16H2,1H3,(H,26,30). The fraction of sp³-hybridized carbons (Fsp3) is 0.375. The quantitative estimate of drug-likeness (QED) is 0.376. The van der Waals surface area contributed by atoms with E-state index in [-0.39, 0.29) is 11.8 Å². The van der Waals surface area contributed by atoms with E-state index in [1.54, 1.807) is 11.8 Å². The van der Waals surface area contributed by atoms with E-state index >= 15 is 0 Å². The lowest BCUT2D eigenvalue weighted by Gasteiger charge is -2.30. The van der Waals surface area contributed by atoms with Crippen molar-refractivity contribution in [1.29, 1.82) is 0 Å². The van der Waals surface area contributed by atoms with Crippen molar-refractivity contribution in [3.8, 4) is 11.4 Å². The van der Waals surface area contributed by atoms with Crippen LogP contribution in [0.4, 0.5) is 0 Å². The van der Waals surface area contributed by atoms with Crippen molar-refractivity contribution in [2.45, 2.75) is 31.2 Å². The zero-order chi connectivity index (χ0) is 22.3. The number of thioether (sulfide) groups is 1. The zero-order valence-electron chi connectivity index (χ0n) is 18.1. The highest BCUT2D eigenvalue weighted by Crippen LogP contribution is 2.22. The summed E-state index contributed by atoms with van der Waals surface area (Å²) in [4.78, 5) is 20.6. The minimum absolute atomic E-state index is 0.0107. The fourth-order valence-electron chi connectivity index (χ4n) is 3.79. The topological polar surface area (TPSA) is 71.3 Å². The van der Waals surface area contributed by atoms with Crippen molar-refractivity contribution >= 4 is 29.3 Å². The normalized spacial score (nSPS) is 16.8. The van der Waals surface area contributed by atoms with Crippen molar-refractivity contribution in [3.63, 3.8) is 0 Å². The highest BCUT2D eigenvalue weighted by molar-refractivity contribution is 7.99. The van der Waals surface area contributed by atoms with Gasteiger partial charge in [0.1, 0.15) is 0 Å². The number of hydrogen-bond acceptors (Lipinski definition) is 6. The van der Waals surface area contributed by atoms with Gasteiger partial charge in [0, 0.05) is 34.3 Å². The molecule has 2 heterocycles. The summed E-state index contributed by atoms with van der Waals surface area (Å²) in [6, 6.07) is 15.9. The van der Waals surface area contributed by atoms with Crippen LogP contribution in [0.15, 0.2) is 57.9 Å². The molecule has 1 fully saturated rings. The number of likely N-dealkylation sites (tertiary alicyclic amines) is 1. The van der Waals surface area contributed by atoms with Crippen molar-refractivity contribution in [2.75, 3.05) is 25.4 Å². The summed E-state index contributed by atoms with van der Waals surface area (Å²) in [7, 11) is 0. The molecule has 1 atom stereocenters. The van der Waals surface area contributed by atoms with Crippen molar-refractivity contribution < 1.29 is 9.32 Å². The van der Waals surface area contributed by atoms with Gasteiger partial charge in [-0.15, -0.1) is 11.8 Å². The van der Waals surface area contributed by atoms with E-state index in [9.17, 15) is 4.79 Å². The van der Waals surface area contributed by atoms with Gasteiger partial charge in [0.15, 0.2) is 0 Å². The first-order chi connectivity index (χ1) is 15.6. The summed E-state index contributed by atoms with van der Waals surface area (Å²) in [5, 5.41) is 7.81. The molecule has 1 unspecified atom stereocenters. The Hall–Kier alpha value is -2.35. The number of nitrogens with zero attached hydrogens (tertiary/aromatic N) is 3. The Morgan fingerprint density at radius 2 is 2.12 bits per heavy atom. The number of aromatic nitrogens is 2. The van der Waals surface area contributed by atoms with Crippen molar-refractivity contribution in [1.82, 2.24) is 20.4 Å². The lowest BCUT2D eigenvalue weighted by Crippen LogP contribution is -2.43. The van der Waals surface area contributed by atoms with Crippen LogP contribution in [0, 0.1) is 12.8 Å². The molecule has 0 radical (unpaired) electrons. The van der Waals surface area contributed by atoms with Gasteiger partial charge >= 0.3 is 0 Å². The monoisotopic (exact) mass is 470 g/mol. The highest BCUT2D eigenvalue weighted by Gasteiger charge is 2.26. The third-order valence-electron chi connectivity index (χ3n) is 5.48. The predicted molar refractivity (Wildman–Crippen MR) is 128 cm³/mol. The van der Waals surface area contributed by atoms with Gasteiger partial charge in [0.25, 0.3) is 0 Å². The first kappa shape index (κ1) is 22.8. The number of nitrogens with one attached hydrogen (secondary N) is 1. The molecule has 2 aromatic carbocycles. The number of benzene rings is 2. The maximum atomic E-state index is 12.7. The maximum absolute atomic E-state index is 12.7. The molecule has 0 aliphatic carbocycles. The molecular formula is C24H27ClN4O2S. The van der Waals surface area contributed by atoms with E-state index in [0.29, 0.717) is 36.4 Å². The Morgan fingerprint density at radius 1 is 1.28 bits per heavy atom. The third-order valence-corrected chi connectivity index (χ3v) is 6.73. The lowest BCUT2D eigenvalue weighted by molar-refractivity contribution is -0.126. The van der Waals surface area contributed by atoms with E-state index in [4.69, 9.17) is 16.1 Å². The van der Waals surface area contributed by atoms with Crippen LogP contribution in [-0.4, -0.2) is 46.3 Å². The van der Waals surface area contributed by atoms with E-state index < -0.39 is 0 Å². The number of halogens is 1. The molecule has 168 valence electrons. The van der Waals surface area contributed by atoms with Gasteiger partial charge in [0.05, 0.1) is 12.5 Å². The van der Waals surface area contributed by atoms with Gasteiger partial charge in [-0.25, -0.2) is 0 Å². The van der Waals surface area contributed by atoms with Crippen LogP contribution in [0.5, 0.6) is 0 Å². The number of carbonyl (C=O) groups excluding carboxylic acids is 1. The van der Waals surface area contributed by atoms with Gasteiger partial charge < -0.3 is 9.84 Å². The summed E-state index contributed by atoms with van der Waals surface area (Å²) in [5.41, 5.74) is 2.08. The fourth-order valence-corrected chi connectivity index (χ4v) is 4.75. The number of piperidine rings is 1. The molecule has 1 aliphatic rings. The van der Waals surface area contributed by atoms with E-state index in [2.05, 4.69) is 51.5 Å². The van der Waals surface area contributed by atoms with Gasteiger partial charge in [-0.3, -0.25) is 9.69 Å². The Kier molecular flexibility index (Phi) is 7.84. The van der Waals surface area contributed by atoms with Gasteiger partial charge in [-0.2, -0.15) is 4.98 Å². The van der Waals surface area contributed by atoms with Crippen LogP contribution >= 0.6 is 23.4 Å². The largest absolute Gasteiger partial charge is 0.355 e. The molecule has 0 saturated carbocycles. The molecule has 1 amide bonds. The third kappa shape index (κ3) is 6.34. The summed E-state index contributed by atoms with van der Waals surface area (Å²) >= 11 is 7.81. The molecule has 0 bridgehead atoms. The molecule has 6 nitrogen and oxygen atoms in total. The van der Waals surface area contributed by atoms with Gasteiger partial charge in [-0.05, 0) is 50.6 Å². The van der Waals surface area contributed by atoms with Crippen molar-refractivity contribution in [2.24, 2.45) is 5.92 Å². The second-order valence-corrected chi connectivity index (χ2v) is 9.65. The summed E-state index contributed by atoms with van der Waals surface area (Å²) in [6.45, 7) is 4.91. The molecule has 32 heavy (non-hydrogen) atoms. The average molecular weight is 471 g/mol. The SMILES string of the molecule is Cc1ccc(SCCNC(=O)C2CCCN(Cc3nc(-c4cccc(Cl)c4)no3)C2)cc1. The number of carbonyl (C=O) groups is 1. The van der Waals surface area contributed by atoms with E-state index in [1.807, 2.05) is 24.3 Å². The highest BCUT2D eigenvalue weighted by atomic mass is 35.5. The molecule has 4 rings (SSSR count). The van der Waals surface area contributed by atoms with Crippen molar-refractivity contribution in [3.05, 3.63) is 65.0 Å². The van der Waals surface area contributed by atoms with Crippen LogP contribution in [-0.2, 0) is 11.3 Å². The smallest absolute Gasteiger partial charge is 0.241 e. The van der Waals surface area contributed by atoms with Crippen LogP contribution in [0.1, 0.15) is 24.3 Å². The number of aryl methyl sites for hydroxylation is 1. The molecule has 8 heteroatoms.